The quantitative estimate of drug-likeness (QED) is 0.241. The summed E-state index contributed by atoms with van der Waals surface area (Å²) in [6.45, 7) is 0.0238. The van der Waals surface area contributed by atoms with Crippen LogP contribution in [0.3, 0.4) is 0 Å². The summed E-state index contributed by atoms with van der Waals surface area (Å²) in [5.41, 5.74) is -2.43. The highest BCUT2D eigenvalue weighted by atomic mass is 32.2. The first kappa shape index (κ1) is 25.9. The number of aliphatic hydroxyl groups is 1. The molecule has 0 aliphatic heterocycles. The minimum absolute atomic E-state index is 0.0593. The molecule has 4 rings (SSSR count). The fourth-order valence-corrected chi connectivity index (χ4v) is 4.78. The van der Waals surface area contributed by atoms with Gasteiger partial charge >= 0.3 is 0 Å². The SMILES string of the molecule is COc1ncccc1S(=O)(=O)Nc1ccc(F)c(-c2ccc3c(C(=O)NCCCO)n[nH]c3c2F)c1F. The second kappa shape index (κ2) is 10.4. The van der Waals surface area contributed by atoms with Gasteiger partial charge in [-0.2, -0.15) is 5.10 Å². The summed E-state index contributed by atoms with van der Waals surface area (Å²) in [6, 6.07) is 6.47. The summed E-state index contributed by atoms with van der Waals surface area (Å²) >= 11 is 0. The minimum atomic E-state index is -4.42. The first-order chi connectivity index (χ1) is 17.7. The molecule has 0 aliphatic carbocycles. The largest absolute Gasteiger partial charge is 0.480 e. The van der Waals surface area contributed by atoms with Crippen LogP contribution in [0.15, 0.2) is 47.5 Å². The Morgan fingerprint density at radius 3 is 2.65 bits per heavy atom. The van der Waals surface area contributed by atoms with Crippen LogP contribution in [-0.2, 0) is 10.0 Å². The molecule has 14 heteroatoms. The monoisotopic (exact) mass is 535 g/mol. The van der Waals surface area contributed by atoms with Crippen LogP contribution < -0.4 is 14.8 Å². The molecule has 4 aromatic rings. The Morgan fingerprint density at radius 2 is 1.92 bits per heavy atom. The van der Waals surface area contributed by atoms with Crippen molar-refractivity contribution in [3.8, 4) is 17.0 Å². The van der Waals surface area contributed by atoms with Crippen LogP contribution in [0.4, 0.5) is 18.9 Å². The van der Waals surface area contributed by atoms with E-state index in [1.54, 1.807) is 0 Å². The third-order valence-electron chi connectivity index (χ3n) is 5.34. The topological polar surface area (TPSA) is 146 Å². The van der Waals surface area contributed by atoms with Gasteiger partial charge in [-0.05, 0) is 36.8 Å². The first-order valence-corrected chi connectivity index (χ1v) is 12.2. The maximum atomic E-state index is 15.4. The Bertz CT molecular complexity index is 1590. The van der Waals surface area contributed by atoms with Crippen molar-refractivity contribution in [3.63, 3.8) is 0 Å². The zero-order chi connectivity index (χ0) is 26.7. The van der Waals surface area contributed by atoms with E-state index in [-0.39, 0.29) is 35.6 Å². The standard InChI is InChI=1S/C23H20F3N5O5S/c1-36-23-16(4-2-9-28-23)37(34,35)31-15-8-7-14(24)17(19(15)26)12-5-6-13-20(18(12)25)29-30-21(13)22(33)27-10-3-11-32/h2,4-9,31-32H,3,10-11H2,1H3,(H,27,33)(H,29,30). The van der Waals surface area contributed by atoms with E-state index >= 15 is 8.78 Å². The fourth-order valence-electron chi connectivity index (χ4n) is 3.60. The molecular formula is C23H20F3N5O5S. The Morgan fingerprint density at radius 1 is 1.14 bits per heavy atom. The highest BCUT2D eigenvalue weighted by Crippen LogP contribution is 2.36. The van der Waals surface area contributed by atoms with E-state index in [4.69, 9.17) is 9.84 Å². The molecular weight excluding hydrogens is 515 g/mol. The van der Waals surface area contributed by atoms with E-state index in [9.17, 15) is 17.6 Å². The summed E-state index contributed by atoms with van der Waals surface area (Å²) in [5, 5.41) is 17.5. The van der Waals surface area contributed by atoms with Gasteiger partial charge in [0, 0.05) is 30.3 Å². The van der Waals surface area contributed by atoms with Gasteiger partial charge in [-0.15, -0.1) is 0 Å². The van der Waals surface area contributed by atoms with Crippen LogP contribution in [0.1, 0.15) is 16.9 Å². The van der Waals surface area contributed by atoms with E-state index in [0.717, 1.165) is 18.2 Å². The lowest BCUT2D eigenvalue weighted by molar-refractivity contribution is 0.0947. The third kappa shape index (κ3) is 4.93. The number of H-pyrrole nitrogens is 1. The summed E-state index contributed by atoms with van der Waals surface area (Å²) < 4.78 is 78.2. The number of hydrogen-bond donors (Lipinski definition) is 4. The lowest BCUT2D eigenvalue weighted by Gasteiger charge is -2.14. The molecule has 2 aromatic heterocycles. The normalized spacial score (nSPS) is 11.5. The number of benzene rings is 2. The predicted molar refractivity (Wildman–Crippen MR) is 127 cm³/mol. The van der Waals surface area contributed by atoms with E-state index in [2.05, 4.69) is 20.5 Å². The van der Waals surface area contributed by atoms with Gasteiger partial charge in [-0.3, -0.25) is 14.6 Å². The van der Waals surface area contributed by atoms with Crippen molar-refractivity contribution in [3.05, 3.63) is 65.7 Å². The number of aliphatic hydroxyl groups excluding tert-OH is 1. The van der Waals surface area contributed by atoms with E-state index in [1.165, 1.54) is 31.5 Å². The molecule has 2 heterocycles. The van der Waals surface area contributed by atoms with Gasteiger partial charge in [-0.25, -0.2) is 26.6 Å². The smallest absolute Gasteiger partial charge is 0.272 e. The van der Waals surface area contributed by atoms with E-state index in [1.807, 2.05) is 4.72 Å². The van der Waals surface area contributed by atoms with Gasteiger partial charge in [0.2, 0.25) is 5.88 Å². The van der Waals surface area contributed by atoms with Crippen LogP contribution in [0.2, 0.25) is 0 Å². The molecule has 10 nitrogen and oxygen atoms in total. The number of nitrogens with one attached hydrogen (secondary N) is 3. The van der Waals surface area contributed by atoms with Crippen molar-refractivity contribution in [1.82, 2.24) is 20.5 Å². The molecule has 0 radical (unpaired) electrons. The molecule has 37 heavy (non-hydrogen) atoms. The number of methoxy groups -OCH3 is 1. The molecule has 2 aromatic carbocycles. The molecule has 1 amide bonds. The zero-order valence-corrected chi connectivity index (χ0v) is 20.0. The number of aromatic amines is 1. The number of rotatable bonds is 9. The maximum absolute atomic E-state index is 15.4. The number of halogens is 3. The Balaban J connectivity index is 1.74. The van der Waals surface area contributed by atoms with Crippen LogP contribution in [0.5, 0.6) is 5.88 Å². The van der Waals surface area contributed by atoms with Crippen LogP contribution in [-0.4, -0.2) is 54.9 Å². The number of sulfonamides is 1. The number of carbonyl (C=O) groups is 1. The lowest BCUT2D eigenvalue weighted by atomic mass is 10.0. The first-order valence-electron chi connectivity index (χ1n) is 10.8. The molecule has 0 unspecified atom stereocenters. The molecule has 0 saturated heterocycles. The van der Waals surface area contributed by atoms with Crippen molar-refractivity contribution in [1.29, 1.82) is 0 Å². The predicted octanol–water partition coefficient (Wildman–Crippen LogP) is 2.96. The molecule has 194 valence electrons. The average molecular weight is 536 g/mol. The lowest BCUT2D eigenvalue weighted by Crippen LogP contribution is -2.25. The Hall–Kier alpha value is -4.17. The number of amides is 1. The molecule has 0 saturated carbocycles. The Labute approximate surface area is 208 Å². The van der Waals surface area contributed by atoms with Gasteiger partial charge in [0.15, 0.2) is 17.3 Å². The van der Waals surface area contributed by atoms with Gasteiger partial charge < -0.3 is 15.2 Å². The minimum Gasteiger partial charge on any atom is -0.480 e. The molecule has 0 aliphatic rings. The molecule has 0 spiro atoms. The molecule has 0 atom stereocenters. The van der Waals surface area contributed by atoms with Crippen molar-refractivity contribution >= 4 is 32.5 Å². The number of aromatic nitrogens is 3. The maximum Gasteiger partial charge on any atom is 0.272 e. The third-order valence-corrected chi connectivity index (χ3v) is 6.71. The number of carbonyl (C=O) groups excluding carboxylic acids is 1. The zero-order valence-electron chi connectivity index (χ0n) is 19.2. The molecule has 0 fully saturated rings. The Kier molecular flexibility index (Phi) is 7.31. The summed E-state index contributed by atoms with van der Waals surface area (Å²) in [4.78, 5) is 15.7. The highest BCUT2D eigenvalue weighted by molar-refractivity contribution is 7.92. The number of hydrogen-bond acceptors (Lipinski definition) is 7. The van der Waals surface area contributed by atoms with Crippen molar-refractivity contribution in [2.75, 3.05) is 25.0 Å². The summed E-state index contributed by atoms with van der Waals surface area (Å²) in [7, 11) is -3.22. The average Bonchev–Trinajstić information content (AvgIpc) is 3.32. The molecule has 0 bridgehead atoms. The van der Waals surface area contributed by atoms with Crippen LogP contribution >= 0.6 is 0 Å². The number of ether oxygens (including phenoxy) is 1. The second-order valence-electron chi connectivity index (χ2n) is 7.66. The van der Waals surface area contributed by atoms with Gasteiger partial charge in [-0.1, -0.05) is 6.07 Å². The summed E-state index contributed by atoms with van der Waals surface area (Å²) in [6.07, 6.45) is 1.60. The van der Waals surface area contributed by atoms with Crippen molar-refractivity contribution in [2.45, 2.75) is 11.3 Å². The number of pyridine rings is 1. The van der Waals surface area contributed by atoms with Gasteiger partial charge in [0.25, 0.3) is 15.9 Å². The van der Waals surface area contributed by atoms with Crippen molar-refractivity contribution < 1.29 is 36.2 Å². The van der Waals surface area contributed by atoms with Gasteiger partial charge in [0.05, 0.1) is 18.4 Å². The number of nitrogens with zero attached hydrogens (tertiary/aromatic N) is 2. The molecule has 4 N–H and O–H groups in total. The van der Waals surface area contributed by atoms with Crippen LogP contribution in [0.25, 0.3) is 22.0 Å². The number of fused-ring (bicyclic) bond motifs is 1. The van der Waals surface area contributed by atoms with Crippen molar-refractivity contribution in [2.24, 2.45) is 0 Å². The van der Waals surface area contributed by atoms with Gasteiger partial charge in [0.1, 0.15) is 16.2 Å². The van der Waals surface area contributed by atoms with Crippen LogP contribution in [0, 0.1) is 17.5 Å². The number of anilines is 1. The highest BCUT2D eigenvalue weighted by Gasteiger charge is 2.26. The van der Waals surface area contributed by atoms with E-state index < -0.39 is 55.1 Å². The second-order valence-corrected chi connectivity index (χ2v) is 9.31. The summed E-state index contributed by atoms with van der Waals surface area (Å²) in [5.74, 6) is -4.51. The van der Waals surface area contributed by atoms with E-state index in [0.29, 0.717) is 6.42 Å². The fraction of sp³-hybridized carbons (Fsp3) is 0.174.